The van der Waals surface area contributed by atoms with E-state index in [1.54, 1.807) is 12.8 Å². The lowest BCUT2D eigenvalue weighted by atomic mass is 9.82. The summed E-state index contributed by atoms with van der Waals surface area (Å²) in [5, 5.41) is 0. The second kappa shape index (κ2) is 2.87. The van der Waals surface area contributed by atoms with Crippen LogP contribution in [0.1, 0.15) is 39.0 Å². The lowest BCUT2D eigenvalue weighted by Crippen LogP contribution is -2.16. The molecule has 3 rings (SSSR count). The zero-order valence-corrected chi connectivity index (χ0v) is 8.58. The Morgan fingerprint density at radius 3 is 2.77 bits per heavy atom. The molecule has 3 aliphatic rings. The third-order valence-corrected chi connectivity index (χ3v) is 4.86. The minimum Gasteiger partial charge on any atom is -0.0879 e. The zero-order valence-electron chi connectivity index (χ0n) is 8.58. The maximum absolute atomic E-state index is 2.54. The lowest BCUT2D eigenvalue weighted by Gasteiger charge is -2.23. The lowest BCUT2D eigenvalue weighted by molar-refractivity contribution is 0.283. The zero-order chi connectivity index (χ0) is 8.84. The molecule has 0 nitrogen and oxygen atoms in total. The highest BCUT2D eigenvalue weighted by atomic mass is 14.6. The van der Waals surface area contributed by atoms with E-state index in [1.807, 2.05) is 0 Å². The fourth-order valence-corrected chi connectivity index (χ4v) is 4.51. The fourth-order valence-electron chi connectivity index (χ4n) is 4.51. The van der Waals surface area contributed by atoms with Gasteiger partial charge in [-0.2, -0.15) is 0 Å². The van der Waals surface area contributed by atoms with Crippen molar-refractivity contribution >= 4 is 0 Å². The second-order valence-electron chi connectivity index (χ2n) is 5.26. The average molecular weight is 176 g/mol. The Morgan fingerprint density at radius 2 is 2.00 bits per heavy atom. The molecular formula is C13H20. The molecule has 2 fully saturated rings. The Bertz CT molecular complexity index is 228. The van der Waals surface area contributed by atoms with E-state index >= 15 is 0 Å². The highest BCUT2D eigenvalue weighted by Crippen LogP contribution is 2.60. The van der Waals surface area contributed by atoms with Crippen LogP contribution in [0.15, 0.2) is 12.2 Å². The van der Waals surface area contributed by atoms with Crippen LogP contribution in [0.4, 0.5) is 0 Å². The van der Waals surface area contributed by atoms with Crippen LogP contribution in [0, 0.1) is 29.6 Å². The number of fused-ring (bicyclic) bond motifs is 5. The van der Waals surface area contributed by atoms with E-state index in [2.05, 4.69) is 19.1 Å². The van der Waals surface area contributed by atoms with Crippen molar-refractivity contribution in [2.24, 2.45) is 29.6 Å². The van der Waals surface area contributed by atoms with Crippen LogP contribution in [0.25, 0.3) is 0 Å². The number of allylic oxidation sites excluding steroid dienone is 2. The maximum Gasteiger partial charge on any atom is -0.0168 e. The fraction of sp³-hybridized carbons (Fsp3) is 0.846. The van der Waals surface area contributed by atoms with E-state index < -0.39 is 0 Å². The van der Waals surface area contributed by atoms with Gasteiger partial charge >= 0.3 is 0 Å². The van der Waals surface area contributed by atoms with Gasteiger partial charge in [0.1, 0.15) is 0 Å². The van der Waals surface area contributed by atoms with Crippen molar-refractivity contribution in [2.45, 2.75) is 39.0 Å². The van der Waals surface area contributed by atoms with E-state index in [1.165, 1.54) is 19.3 Å². The summed E-state index contributed by atoms with van der Waals surface area (Å²) in [6.45, 7) is 2.35. The summed E-state index contributed by atoms with van der Waals surface area (Å²) in [6, 6.07) is 0. The van der Waals surface area contributed by atoms with Crippen molar-refractivity contribution in [3.63, 3.8) is 0 Å². The van der Waals surface area contributed by atoms with Crippen LogP contribution < -0.4 is 0 Å². The molecule has 0 aromatic rings. The van der Waals surface area contributed by atoms with E-state index in [4.69, 9.17) is 0 Å². The first-order chi connectivity index (χ1) is 6.42. The first-order valence-corrected chi connectivity index (χ1v) is 6.08. The molecule has 72 valence electrons. The van der Waals surface area contributed by atoms with Gasteiger partial charge in [0.05, 0.1) is 0 Å². The first-order valence-electron chi connectivity index (χ1n) is 6.08. The molecule has 0 heteroatoms. The molecule has 0 amide bonds. The quantitative estimate of drug-likeness (QED) is 0.563. The number of hydrogen-bond acceptors (Lipinski definition) is 0. The van der Waals surface area contributed by atoms with Gasteiger partial charge in [-0.1, -0.05) is 31.9 Å². The third kappa shape index (κ3) is 0.978. The van der Waals surface area contributed by atoms with Crippen molar-refractivity contribution in [1.82, 2.24) is 0 Å². The SMILES string of the molecule is CCC[C@H]1C2CCC1C1CC=CC12. The molecule has 2 bridgehead atoms. The molecule has 0 radical (unpaired) electrons. The predicted octanol–water partition coefficient (Wildman–Crippen LogP) is 3.63. The summed E-state index contributed by atoms with van der Waals surface area (Å²) in [5.74, 6) is 5.41. The molecule has 3 aliphatic carbocycles. The Hall–Kier alpha value is -0.260. The Labute approximate surface area is 81.4 Å². The molecule has 0 saturated heterocycles. The molecule has 0 aromatic heterocycles. The Balaban J connectivity index is 1.83. The van der Waals surface area contributed by atoms with Gasteiger partial charge in [-0.3, -0.25) is 0 Å². The topological polar surface area (TPSA) is 0 Å². The molecule has 13 heavy (non-hydrogen) atoms. The first kappa shape index (κ1) is 8.08. The summed E-state index contributed by atoms with van der Waals surface area (Å²) in [6.07, 6.45) is 12.4. The Kier molecular flexibility index (Phi) is 1.78. The summed E-state index contributed by atoms with van der Waals surface area (Å²) in [4.78, 5) is 0. The maximum atomic E-state index is 2.54. The van der Waals surface area contributed by atoms with Gasteiger partial charge in [-0.25, -0.2) is 0 Å². The van der Waals surface area contributed by atoms with Crippen molar-refractivity contribution in [3.8, 4) is 0 Å². The summed E-state index contributed by atoms with van der Waals surface area (Å²) in [5.41, 5.74) is 0. The highest BCUT2D eigenvalue weighted by molar-refractivity contribution is 5.14. The molecule has 0 aliphatic heterocycles. The van der Waals surface area contributed by atoms with Gasteiger partial charge in [0, 0.05) is 0 Å². The van der Waals surface area contributed by atoms with E-state index in [-0.39, 0.29) is 0 Å². The van der Waals surface area contributed by atoms with Gasteiger partial charge in [0.15, 0.2) is 0 Å². The smallest absolute Gasteiger partial charge is 0.0168 e. The van der Waals surface area contributed by atoms with Crippen LogP contribution >= 0.6 is 0 Å². The molecule has 0 aromatic carbocycles. The van der Waals surface area contributed by atoms with Gasteiger partial charge in [-0.15, -0.1) is 0 Å². The Morgan fingerprint density at radius 1 is 1.15 bits per heavy atom. The van der Waals surface area contributed by atoms with Crippen molar-refractivity contribution in [3.05, 3.63) is 12.2 Å². The third-order valence-electron chi connectivity index (χ3n) is 4.86. The summed E-state index contributed by atoms with van der Waals surface area (Å²) in [7, 11) is 0. The van der Waals surface area contributed by atoms with Crippen molar-refractivity contribution < 1.29 is 0 Å². The van der Waals surface area contributed by atoms with Crippen molar-refractivity contribution in [1.29, 1.82) is 0 Å². The monoisotopic (exact) mass is 176 g/mol. The summed E-state index contributed by atoms with van der Waals surface area (Å²) < 4.78 is 0. The van der Waals surface area contributed by atoms with Gasteiger partial charge in [-0.05, 0) is 48.9 Å². The van der Waals surface area contributed by atoms with Gasteiger partial charge in [0.2, 0.25) is 0 Å². The predicted molar refractivity (Wildman–Crippen MR) is 55.3 cm³/mol. The highest BCUT2D eigenvalue weighted by Gasteiger charge is 2.53. The minimum absolute atomic E-state index is 1.01. The van der Waals surface area contributed by atoms with Crippen LogP contribution in [-0.2, 0) is 0 Å². The second-order valence-corrected chi connectivity index (χ2v) is 5.26. The number of rotatable bonds is 2. The molecule has 2 saturated carbocycles. The molecule has 0 N–H and O–H groups in total. The molecular weight excluding hydrogens is 156 g/mol. The van der Waals surface area contributed by atoms with Crippen LogP contribution in [-0.4, -0.2) is 0 Å². The van der Waals surface area contributed by atoms with Gasteiger partial charge in [0.25, 0.3) is 0 Å². The van der Waals surface area contributed by atoms with E-state index in [0.717, 1.165) is 29.6 Å². The molecule has 0 spiro atoms. The van der Waals surface area contributed by atoms with Gasteiger partial charge < -0.3 is 0 Å². The average Bonchev–Trinajstić information content (AvgIpc) is 2.75. The molecule has 4 unspecified atom stereocenters. The standard InChI is InChI=1S/C13H20/c1-2-4-9-12-7-8-13(9)11-6-3-5-10(11)12/h3,5,9-13H,2,4,6-8H2,1H3/t9-,10?,11?,12?,13?/m0/s1. The van der Waals surface area contributed by atoms with E-state index in [0.29, 0.717) is 0 Å². The van der Waals surface area contributed by atoms with Crippen LogP contribution in [0.5, 0.6) is 0 Å². The van der Waals surface area contributed by atoms with Crippen LogP contribution in [0.3, 0.4) is 0 Å². The summed E-state index contributed by atoms with van der Waals surface area (Å²) >= 11 is 0. The molecule has 5 atom stereocenters. The van der Waals surface area contributed by atoms with Crippen LogP contribution in [0.2, 0.25) is 0 Å². The van der Waals surface area contributed by atoms with E-state index in [9.17, 15) is 0 Å². The molecule has 0 heterocycles. The number of hydrogen-bond donors (Lipinski definition) is 0. The normalized spacial score (nSPS) is 51.6. The minimum atomic E-state index is 1.01. The largest absolute Gasteiger partial charge is 0.0879 e. The van der Waals surface area contributed by atoms with Crippen molar-refractivity contribution in [2.75, 3.05) is 0 Å².